The molecule has 0 fully saturated rings. The Bertz CT molecular complexity index is 3910. The van der Waals surface area contributed by atoms with E-state index in [0.29, 0.717) is 55.8 Å². The number of para-hydroxylation sites is 2. The van der Waals surface area contributed by atoms with Crippen LogP contribution in [0, 0.1) is 5.92 Å². The molecule has 0 aromatic heterocycles. The van der Waals surface area contributed by atoms with E-state index in [9.17, 15) is 69.7 Å². The molecule has 2 aliphatic heterocycles. The lowest BCUT2D eigenvalue weighted by Gasteiger charge is -2.27. The van der Waals surface area contributed by atoms with Crippen molar-refractivity contribution in [1.82, 2.24) is 16.0 Å². The molecule has 1 aliphatic carbocycles. The van der Waals surface area contributed by atoms with Gasteiger partial charge in [0.25, 0.3) is 20.2 Å². The molecule has 0 bridgehead atoms. The first-order valence-electron chi connectivity index (χ1n) is 33.3. The zero-order valence-electron chi connectivity index (χ0n) is 56.1. The van der Waals surface area contributed by atoms with E-state index in [-0.39, 0.29) is 108 Å². The third-order valence-corrected chi connectivity index (χ3v) is 19.5. The Morgan fingerprint density at radius 1 is 0.643 bits per heavy atom. The normalized spacial score (nSPS) is 16.7. The average Bonchev–Trinajstić information content (AvgIpc) is 1.61. The van der Waals surface area contributed by atoms with E-state index in [2.05, 4.69) is 89.6 Å². The number of fused-ring (bicyclic) bond motifs is 2. The summed E-state index contributed by atoms with van der Waals surface area (Å²) in [5.74, 6) is -5.64. The first-order chi connectivity index (χ1) is 46.5. The Balaban J connectivity index is 1.06. The smallest absolute Gasteiger partial charge is 0.326 e. The van der Waals surface area contributed by atoms with Crippen molar-refractivity contribution in [3.05, 3.63) is 172 Å². The lowest BCUT2D eigenvalue weighted by Crippen LogP contribution is -2.46. The molecule has 4 aromatic carbocycles. The van der Waals surface area contributed by atoms with Crippen LogP contribution in [0.5, 0.6) is 5.75 Å². The molecule has 3 aliphatic rings. The van der Waals surface area contributed by atoms with Crippen LogP contribution in [-0.2, 0) is 77.4 Å². The first-order valence-corrected chi connectivity index (χ1v) is 36.5. The predicted octanol–water partition coefficient (Wildman–Crippen LogP) is 10.2. The summed E-state index contributed by atoms with van der Waals surface area (Å²) in [5.41, 5.74) is 8.43. The van der Waals surface area contributed by atoms with Gasteiger partial charge in [0.1, 0.15) is 29.9 Å². The van der Waals surface area contributed by atoms with E-state index in [1.54, 1.807) is 48.5 Å². The maximum absolute atomic E-state index is 14.2. The standard InChI is InChI=1S/C73H91N5O18S2/c1-72(2)57-24-8-10-26-61(57)77(41-12-14-45-97(89,90)91)64(72)37-31-52-21-16-22-53(32-38-65-73(3,4)58-25-9-11-27-62(58)78(65)42-13-15-46-98(92,93)94)68(52)96-56-34-29-51(30-35-56)47-54(69(84)85)49-63(80)60(48-50-19-6-5-7-20-50)75-66(81)39-44-95-43-18-23-55(79)33-36-59(70(86)87)76-71(88)74-40-17-28-67(82)83/h5-11,19-20,24-27,29-32,34-35,37-38,54,59-60H,12-18,21-23,28,33,36,39-49H2,1-4H3,(H7-,74,75,76,81,82,83,84,85,86,87,88,89,90,91,92,93,94)/p+1/t54-,59+,60+/m1/s1. The number of Topliss-reactive ketones (excluding diaryl/α,β-unsaturated/α-hetero) is 2. The van der Waals surface area contributed by atoms with Gasteiger partial charge in [0.2, 0.25) is 11.6 Å². The van der Waals surface area contributed by atoms with Crippen molar-refractivity contribution in [2.75, 3.05) is 49.3 Å². The van der Waals surface area contributed by atoms with Crippen molar-refractivity contribution in [2.45, 2.75) is 160 Å². The number of hydrogen-bond acceptors (Lipinski definition) is 14. The van der Waals surface area contributed by atoms with Gasteiger partial charge in [0, 0.05) is 92.7 Å². The van der Waals surface area contributed by atoms with Crippen molar-refractivity contribution < 1.29 is 88.9 Å². The number of carboxylic acid groups (broad SMARTS) is 3. The molecule has 8 N–H and O–H groups in total. The fourth-order valence-electron chi connectivity index (χ4n) is 12.6. The Morgan fingerprint density at radius 2 is 1.31 bits per heavy atom. The van der Waals surface area contributed by atoms with Crippen LogP contribution in [-0.4, -0.2) is 149 Å². The molecule has 528 valence electrons. The van der Waals surface area contributed by atoms with Gasteiger partial charge >= 0.3 is 23.9 Å². The second kappa shape index (κ2) is 35.8. The number of aliphatic carboxylic acids is 3. The average molecular weight is 1390 g/mol. The van der Waals surface area contributed by atoms with E-state index < -0.39 is 91.1 Å². The lowest BCUT2D eigenvalue weighted by molar-refractivity contribution is -0.438. The van der Waals surface area contributed by atoms with E-state index in [4.69, 9.17) is 14.6 Å². The van der Waals surface area contributed by atoms with Crippen LogP contribution in [0.15, 0.2) is 150 Å². The van der Waals surface area contributed by atoms with E-state index in [1.807, 2.05) is 42.5 Å². The molecular weight excluding hydrogens is 1300 g/mol. The zero-order valence-corrected chi connectivity index (χ0v) is 57.7. The number of amides is 3. The van der Waals surface area contributed by atoms with Gasteiger partial charge in [-0.2, -0.15) is 21.4 Å². The van der Waals surface area contributed by atoms with E-state index in [1.165, 1.54) is 0 Å². The molecule has 4 aromatic rings. The molecule has 0 unspecified atom stereocenters. The number of benzene rings is 4. The number of allylic oxidation sites excluding steroid dienone is 7. The van der Waals surface area contributed by atoms with E-state index >= 15 is 0 Å². The minimum absolute atomic E-state index is 0.0228. The molecule has 98 heavy (non-hydrogen) atoms. The molecule has 23 nitrogen and oxygen atoms in total. The monoisotopic (exact) mass is 1390 g/mol. The number of hydrogen-bond donors (Lipinski definition) is 8. The summed E-state index contributed by atoms with van der Waals surface area (Å²) in [7, 11) is -8.28. The number of carbonyl (C=O) groups excluding carboxylic acids is 4. The molecule has 0 spiro atoms. The number of nitrogens with zero attached hydrogens (tertiary/aromatic N) is 2. The predicted molar refractivity (Wildman–Crippen MR) is 371 cm³/mol. The number of ether oxygens (including phenoxy) is 2. The molecule has 3 amide bonds. The summed E-state index contributed by atoms with van der Waals surface area (Å²) >= 11 is 0. The summed E-state index contributed by atoms with van der Waals surface area (Å²) < 4.78 is 80.6. The number of nitrogens with one attached hydrogen (secondary N) is 3. The number of urea groups is 1. The van der Waals surface area contributed by atoms with Gasteiger partial charge in [-0.25, -0.2) is 9.59 Å². The van der Waals surface area contributed by atoms with Crippen molar-refractivity contribution in [1.29, 1.82) is 0 Å². The second-order valence-corrected chi connectivity index (χ2v) is 29.2. The topological polar surface area (TPSA) is 350 Å². The van der Waals surface area contributed by atoms with Gasteiger partial charge in [-0.05, 0) is 143 Å². The Labute approximate surface area is 573 Å². The fraction of sp³-hybridized carbons (Fsp3) is 0.452. The van der Waals surface area contributed by atoms with Crippen LogP contribution < -0.4 is 25.6 Å². The zero-order chi connectivity index (χ0) is 71.2. The van der Waals surface area contributed by atoms with Gasteiger partial charge < -0.3 is 45.6 Å². The first kappa shape index (κ1) is 76.7. The third kappa shape index (κ3) is 23.0. The van der Waals surface area contributed by atoms with E-state index in [0.717, 1.165) is 57.0 Å². The highest BCUT2D eigenvalue weighted by atomic mass is 32.2. The number of anilines is 1. The van der Waals surface area contributed by atoms with Gasteiger partial charge in [-0.1, -0.05) is 98.8 Å². The quantitative estimate of drug-likeness (QED) is 0.0117. The highest BCUT2D eigenvalue weighted by Gasteiger charge is 2.44. The Morgan fingerprint density at radius 3 is 1.99 bits per heavy atom. The molecule has 25 heteroatoms. The van der Waals surface area contributed by atoms with Crippen molar-refractivity contribution in [3.63, 3.8) is 0 Å². The highest BCUT2D eigenvalue weighted by Crippen LogP contribution is 2.48. The maximum atomic E-state index is 14.2. The second-order valence-electron chi connectivity index (χ2n) is 26.0. The van der Waals surface area contributed by atoms with Crippen LogP contribution in [0.1, 0.15) is 146 Å². The van der Waals surface area contributed by atoms with Gasteiger partial charge in [-0.3, -0.25) is 33.1 Å². The summed E-state index contributed by atoms with van der Waals surface area (Å²) in [6.45, 7) is 9.64. The van der Waals surface area contributed by atoms with Crippen molar-refractivity contribution in [2.24, 2.45) is 5.92 Å². The number of carbonyl (C=O) groups is 7. The fourth-order valence-corrected chi connectivity index (χ4v) is 13.8. The molecule has 0 saturated carbocycles. The maximum Gasteiger partial charge on any atom is 0.326 e. The van der Waals surface area contributed by atoms with Gasteiger partial charge in [0.05, 0.1) is 35.5 Å². The minimum Gasteiger partial charge on any atom is -0.481 e. The molecule has 0 radical (unpaired) electrons. The lowest BCUT2D eigenvalue weighted by atomic mass is 9.81. The van der Waals surface area contributed by atoms with Crippen LogP contribution in [0.3, 0.4) is 0 Å². The van der Waals surface area contributed by atoms with Crippen LogP contribution in [0.25, 0.3) is 0 Å². The minimum atomic E-state index is -4.14. The molecular formula is C73H92N5O18S2+. The molecule has 0 saturated heterocycles. The van der Waals surface area contributed by atoms with Crippen molar-refractivity contribution in [3.8, 4) is 5.75 Å². The van der Waals surface area contributed by atoms with Crippen LogP contribution >= 0.6 is 0 Å². The molecule has 7 rings (SSSR count). The third-order valence-electron chi connectivity index (χ3n) is 17.8. The van der Waals surface area contributed by atoms with Gasteiger partial charge in [0.15, 0.2) is 11.5 Å². The largest absolute Gasteiger partial charge is 0.481 e. The summed E-state index contributed by atoms with van der Waals surface area (Å²) in [4.78, 5) is 90.0. The number of ketones is 2. The summed E-state index contributed by atoms with van der Waals surface area (Å²) in [6, 6.07) is 29.0. The number of carboxylic acids is 3. The SMILES string of the molecule is CC1(C)C(=CC=C2CCCC(C=CC3=[N+](CCCCS(=O)(=O)O)c4ccccc4C3(C)C)=C2Oc2ccc(C[C@H](CC(=O)[C@H](Cc3ccccc3)NC(=O)CCOCCCC(=O)CC[C@H](NC(=O)NCCCC(=O)O)C(=O)O)C(=O)O)cc2)N(CCCCS(=O)(=O)O)c2ccccc21. The summed E-state index contributed by atoms with van der Waals surface area (Å²) in [6.07, 6.45) is 11.4. The number of rotatable bonds is 40. The van der Waals surface area contributed by atoms with Crippen LogP contribution in [0.4, 0.5) is 16.2 Å². The van der Waals surface area contributed by atoms with Gasteiger partial charge in [-0.15, -0.1) is 0 Å². The molecule has 3 atom stereocenters. The molecule has 2 heterocycles. The summed E-state index contributed by atoms with van der Waals surface area (Å²) in [5, 5.41) is 36.4. The number of unbranched alkanes of at least 4 members (excludes halogenated alkanes) is 2. The Kier molecular flexibility index (Phi) is 28.0. The van der Waals surface area contributed by atoms with Crippen molar-refractivity contribution >= 4 is 78.7 Å². The van der Waals surface area contributed by atoms with Crippen LogP contribution in [0.2, 0.25) is 0 Å². The highest BCUT2D eigenvalue weighted by molar-refractivity contribution is 7.86. The Hall–Kier alpha value is -8.62.